The maximum atomic E-state index is 12.3. The van der Waals surface area contributed by atoms with Crippen LogP contribution in [0.2, 0.25) is 0 Å². The fourth-order valence-corrected chi connectivity index (χ4v) is 8.52. The average Bonchev–Trinajstić information content (AvgIpc) is 3.77. The van der Waals surface area contributed by atoms with Crippen LogP contribution in [0, 0.1) is 0 Å². The number of anilines is 2. The fraction of sp³-hybridized carbons (Fsp3) is 0.524. The van der Waals surface area contributed by atoms with E-state index >= 15 is 0 Å². The number of hydrogen-bond donors (Lipinski definition) is 7. The number of hydrogen-bond acceptors (Lipinski definition) is 17. The number of fused-ring (bicyclic) bond motifs is 4. The summed E-state index contributed by atoms with van der Waals surface area (Å²) in [5.74, 6) is 0.00133. The first-order valence-electron chi connectivity index (χ1n) is 12.7. The van der Waals surface area contributed by atoms with Gasteiger partial charge in [0.25, 0.3) is 5.56 Å². The summed E-state index contributed by atoms with van der Waals surface area (Å²) in [4.78, 5) is 46.4. The van der Waals surface area contributed by atoms with Crippen LogP contribution in [0.25, 0.3) is 22.3 Å². The fourth-order valence-electron chi connectivity index (χ4n) is 5.58. The molecule has 43 heavy (non-hydrogen) atoms. The zero-order valence-electron chi connectivity index (χ0n) is 21.8. The molecule has 9 N–H and O–H groups in total. The van der Waals surface area contributed by atoms with Gasteiger partial charge in [-0.25, -0.2) is 19.9 Å². The van der Waals surface area contributed by atoms with Gasteiger partial charge in [-0.2, -0.15) is 4.98 Å². The lowest BCUT2D eigenvalue weighted by Gasteiger charge is -2.31. The Kier molecular flexibility index (Phi) is 6.80. The third-order valence-corrected chi connectivity index (χ3v) is 10.9. The van der Waals surface area contributed by atoms with Crippen LogP contribution in [0.5, 0.6) is 0 Å². The van der Waals surface area contributed by atoms with Gasteiger partial charge in [-0.05, 0) is 11.8 Å². The summed E-state index contributed by atoms with van der Waals surface area (Å²) in [5.41, 5.74) is 8.94. The number of aliphatic hydroxyl groups excluding tert-OH is 3. The molecule has 3 fully saturated rings. The Hall–Kier alpha value is -2.82. The van der Waals surface area contributed by atoms with Gasteiger partial charge in [0, 0.05) is 0 Å². The SMILES string of the molecule is Nc1nc2c(ncn2[C@@H]2S[C@H](CO)[C@@H](O)[C@H]2OP(O)(=S)OC[C@@]23CO[C@](n4cnc5c(N)ncnc54)(CO2)[C@@H]3O)c(=O)[nH]1. The Morgan fingerprint density at radius 2 is 1.95 bits per heavy atom. The molecular weight excluding hydrogens is 631 g/mol. The highest BCUT2D eigenvalue weighted by atomic mass is 32.5. The molecule has 4 aromatic heterocycles. The Labute approximate surface area is 249 Å². The van der Waals surface area contributed by atoms with Crippen molar-refractivity contribution in [3.05, 3.63) is 29.3 Å². The molecule has 4 aromatic rings. The van der Waals surface area contributed by atoms with Crippen molar-refractivity contribution in [2.45, 2.75) is 40.3 Å². The number of aliphatic hydroxyl groups is 3. The molecule has 1 unspecified atom stereocenters. The molecule has 3 saturated heterocycles. The van der Waals surface area contributed by atoms with Crippen LogP contribution in [0.4, 0.5) is 11.8 Å². The van der Waals surface area contributed by atoms with Crippen LogP contribution < -0.4 is 17.0 Å². The molecule has 0 radical (unpaired) electrons. The Balaban J connectivity index is 1.12. The molecule has 3 aliphatic heterocycles. The van der Waals surface area contributed by atoms with Crippen LogP contribution in [0.3, 0.4) is 0 Å². The molecule has 0 spiro atoms. The van der Waals surface area contributed by atoms with Gasteiger partial charge in [0.2, 0.25) is 5.95 Å². The molecule has 8 atom stereocenters. The molecule has 7 rings (SSSR count). The van der Waals surface area contributed by atoms with Crippen LogP contribution in [-0.4, -0.2) is 115 Å². The number of rotatable bonds is 8. The van der Waals surface area contributed by atoms with Gasteiger partial charge in [0.15, 0.2) is 28.4 Å². The molecule has 2 bridgehead atoms. The smallest absolute Gasteiger partial charge is 0.325 e. The molecule has 22 heteroatoms. The van der Waals surface area contributed by atoms with E-state index in [-0.39, 0.29) is 36.1 Å². The van der Waals surface area contributed by atoms with Crippen molar-refractivity contribution in [1.82, 2.24) is 39.0 Å². The molecule has 7 heterocycles. The highest BCUT2D eigenvalue weighted by molar-refractivity contribution is 8.07. The normalized spacial score (nSPS) is 33.5. The van der Waals surface area contributed by atoms with Crippen molar-refractivity contribution in [2.24, 2.45) is 0 Å². The third kappa shape index (κ3) is 4.38. The van der Waals surface area contributed by atoms with E-state index in [1.54, 1.807) is 0 Å². The minimum atomic E-state index is -4.15. The Morgan fingerprint density at radius 1 is 1.16 bits per heavy atom. The highest BCUT2D eigenvalue weighted by Crippen LogP contribution is 2.55. The molecule has 0 amide bonds. The van der Waals surface area contributed by atoms with E-state index in [1.807, 2.05) is 0 Å². The summed E-state index contributed by atoms with van der Waals surface area (Å²) >= 11 is 6.40. The number of nitrogen functional groups attached to an aromatic ring is 2. The Bertz CT molecular complexity index is 1830. The van der Waals surface area contributed by atoms with Crippen molar-refractivity contribution < 1.29 is 38.7 Å². The number of aromatic nitrogens is 8. The van der Waals surface area contributed by atoms with E-state index < -0.39 is 65.8 Å². The van der Waals surface area contributed by atoms with Crippen LogP contribution in [0.1, 0.15) is 5.37 Å². The topological polar surface area (TPSA) is 277 Å². The van der Waals surface area contributed by atoms with Crippen molar-refractivity contribution >= 4 is 64.4 Å². The van der Waals surface area contributed by atoms with E-state index in [0.717, 1.165) is 11.8 Å². The second kappa shape index (κ2) is 10.1. The van der Waals surface area contributed by atoms with Gasteiger partial charge in [-0.1, -0.05) is 0 Å². The summed E-state index contributed by atoms with van der Waals surface area (Å²) < 4.78 is 26.4. The van der Waals surface area contributed by atoms with Gasteiger partial charge < -0.3 is 45.7 Å². The first kappa shape index (κ1) is 28.9. The van der Waals surface area contributed by atoms with E-state index in [2.05, 4.69) is 29.9 Å². The van der Waals surface area contributed by atoms with Crippen molar-refractivity contribution in [1.29, 1.82) is 0 Å². The standard InChI is InChI=1S/C21H25N10O9PS2/c22-13-9-14(25-5-24-13)31(7-27-9)21-4-37-20(2-38-21,18(21)35)3-39-41(36,42)40-12-11(33)8(1-32)43-17(12)30-6-26-10-15(30)28-19(23)29-16(10)34/h5-8,11-12,17-18,32-33,35H,1-4H2,(H,36,42)(H2,22,24,25)(H3,23,28,29,34)/t8-,11-,12-,17-,18-,20-,21-,41?/m1/s1. The average molecular weight is 657 g/mol. The number of H-pyrrole nitrogens is 1. The lowest BCUT2D eigenvalue weighted by molar-refractivity contribution is -0.171. The lowest BCUT2D eigenvalue weighted by atomic mass is 9.97. The maximum absolute atomic E-state index is 12.3. The summed E-state index contributed by atoms with van der Waals surface area (Å²) in [6, 6.07) is 0. The molecule has 0 aromatic carbocycles. The number of nitrogens with one attached hydrogen (secondary N) is 1. The van der Waals surface area contributed by atoms with Gasteiger partial charge in [0.05, 0.1) is 50.4 Å². The molecule has 19 nitrogen and oxygen atoms in total. The quantitative estimate of drug-likeness (QED) is 0.0967. The van der Waals surface area contributed by atoms with Crippen LogP contribution in [0.15, 0.2) is 23.8 Å². The van der Waals surface area contributed by atoms with E-state index in [1.165, 1.54) is 28.1 Å². The lowest BCUT2D eigenvalue weighted by Crippen LogP contribution is -2.47. The number of nitrogens with two attached hydrogens (primary N) is 2. The van der Waals surface area contributed by atoms with Gasteiger partial charge >= 0.3 is 6.72 Å². The summed E-state index contributed by atoms with van der Waals surface area (Å²) in [5, 5.41) is 30.7. The zero-order chi connectivity index (χ0) is 30.3. The van der Waals surface area contributed by atoms with Crippen molar-refractivity contribution in [2.75, 3.05) is 37.9 Å². The van der Waals surface area contributed by atoms with Crippen LogP contribution in [-0.2, 0) is 36.1 Å². The maximum Gasteiger partial charge on any atom is 0.325 e. The Morgan fingerprint density at radius 3 is 2.70 bits per heavy atom. The number of imidazole rings is 2. The predicted octanol–water partition coefficient (Wildman–Crippen LogP) is -2.48. The third-order valence-electron chi connectivity index (χ3n) is 7.77. The number of nitrogens with zero attached hydrogens (tertiary/aromatic N) is 7. The van der Waals surface area contributed by atoms with Gasteiger partial charge in [-0.15, -0.1) is 11.8 Å². The van der Waals surface area contributed by atoms with E-state index in [4.69, 9.17) is 41.8 Å². The zero-order valence-corrected chi connectivity index (χ0v) is 24.4. The minimum absolute atomic E-state index is 0.00817. The summed E-state index contributed by atoms with van der Waals surface area (Å²) in [7, 11) is 0. The first-order chi connectivity index (χ1) is 20.5. The largest absolute Gasteiger partial charge is 0.395 e. The van der Waals surface area contributed by atoms with Crippen LogP contribution >= 0.6 is 18.5 Å². The molecule has 3 aliphatic rings. The number of ether oxygens (including phenoxy) is 2. The van der Waals surface area contributed by atoms with Crippen molar-refractivity contribution in [3.8, 4) is 0 Å². The second-order valence-electron chi connectivity index (χ2n) is 10.3. The molecule has 0 aliphatic carbocycles. The number of aromatic amines is 1. The first-order valence-corrected chi connectivity index (χ1v) is 16.2. The molecule has 0 saturated carbocycles. The predicted molar refractivity (Wildman–Crippen MR) is 152 cm³/mol. The monoisotopic (exact) mass is 656 g/mol. The second-order valence-corrected chi connectivity index (χ2v) is 14.4. The summed E-state index contributed by atoms with van der Waals surface area (Å²) in [6.45, 7) is -5.25. The minimum Gasteiger partial charge on any atom is -0.395 e. The van der Waals surface area contributed by atoms with Gasteiger partial charge in [0.1, 0.15) is 35.0 Å². The van der Waals surface area contributed by atoms with Gasteiger partial charge in [-0.3, -0.25) is 23.4 Å². The van der Waals surface area contributed by atoms with E-state index in [0.29, 0.717) is 11.2 Å². The summed E-state index contributed by atoms with van der Waals surface area (Å²) in [6.07, 6.45) is 0.133. The molecule has 230 valence electrons. The van der Waals surface area contributed by atoms with Crippen molar-refractivity contribution in [3.63, 3.8) is 0 Å². The van der Waals surface area contributed by atoms with E-state index in [9.17, 15) is 25.0 Å². The molecular formula is C21H25N10O9PS2. The number of thioether (sulfide) groups is 1. The highest BCUT2D eigenvalue weighted by Gasteiger charge is 2.67.